The Balaban J connectivity index is 1.73. The van der Waals surface area contributed by atoms with E-state index < -0.39 is 0 Å². The van der Waals surface area contributed by atoms with E-state index in [0.29, 0.717) is 25.2 Å². The Hall–Kier alpha value is -2.82. The molecule has 144 valence electrons. The van der Waals surface area contributed by atoms with Gasteiger partial charge in [0.15, 0.2) is 0 Å². The van der Waals surface area contributed by atoms with Crippen molar-refractivity contribution in [2.24, 2.45) is 0 Å². The molecule has 0 fully saturated rings. The van der Waals surface area contributed by atoms with Gasteiger partial charge in [-0.1, -0.05) is 63.2 Å². The first-order valence-electron chi connectivity index (χ1n) is 9.19. The number of benzene rings is 2. The first kappa shape index (κ1) is 20.5. The van der Waals surface area contributed by atoms with Crippen molar-refractivity contribution >= 4 is 11.9 Å². The van der Waals surface area contributed by atoms with E-state index in [4.69, 9.17) is 0 Å². The van der Waals surface area contributed by atoms with E-state index in [1.807, 2.05) is 18.2 Å². The Morgan fingerprint density at radius 2 is 1.48 bits per heavy atom. The molecule has 0 aliphatic carbocycles. The average Bonchev–Trinajstić information content (AvgIpc) is 2.65. The van der Waals surface area contributed by atoms with Crippen molar-refractivity contribution < 1.29 is 9.59 Å². The lowest BCUT2D eigenvalue weighted by Gasteiger charge is -2.21. The SMILES string of the molecule is CN(Cc1ccc(C(C)(C)C)cc1)C(=O)NCCNC(=O)c1ccccc1. The van der Waals surface area contributed by atoms with Crippen LogP contribution in [0, 0.1) is 0 Å². The molecule has 27 heavy (non-hydrogen) atoms. The smallest absolute Gasteiger partial charge is 0.317 e. The summed E-state index contributed by atoms with van der Waals surface area (Å²) >= 11 is 0. The molecule has 2 aromatic rings. The first-order chi connectivity index (χ1) is 12.8. The number of nitrogens with one attached hydrogen (secondary N) is 2. The second kappa shape index (κ2) is 9.21. The lowest BCUT2D eigenvalue weighted by molar-refractivity contribution is 0.0953. The molecule has 0 atom stereocenters. The van der Waals surface area contributed by atoms with E-state index in [-0.39, 0.29) is 17.4 Å². The highest BCUT2D eigenvalue weighted by atomic mass is 16.2. The zero-order valence-electron chi connectivity index (χ0n) is 16.6. The van der Waals surface area contributed by atoms with E-state index in [2.05, 4.69) is 55.7 Å². The number of nitrogens with zero attached hydrogens (tertiary/aromatic N) is 1. The van der Waals surface area contributed by atoms with Gasteiger partial charge in [-0.3, -0.25) is 4.79 Å². The summed E-state index contributed by atoms with van der Waals surface area (Å²) in [4.78, 5) is 25.7. The zero-order chi connectivity index (χ0) is 19.9. The van der Waals surface area contributed by atoms with Crippen LogP contribution in [0.2, 0.25) is 0 Å². The predicted molar refractivity (Wildman–Crippen MR) is 109 cm³/mol. The van der Waals surface area contributed by atoms with Gasteiger partial charge < -0.3 is 15.5 Å². The summed E-state index contributed by atoms with van der Waals surface area (Å²) in [5.74, 6) is -0.142. The van der Waals surface area contributed by atoms with Crippen molar-refractivity contribution in [2.45, 2.75) is 32.7 Å². The molecule has 0 aliphatic heterocycles. The monoisotopic (exact) mass is 367 g/mol. The number of hydrogen-bond acceptors (Lipinski definition) is 2. The Labute approximate surface area is 161 Å². The quantitative estimate of drug-likeness (QED) is 0.767. The van der Waals surface area contributed by atoms with Crippen molar-refractivity contribution in [2.75, 3.05) is 20.1 Å². The van der Waals surface area contributed by atoms with E-state index >= 15 is 0 Å². The molecule has 0 saturated heterocycles. The molecule has 2 N–H and O–H groups in total. The highest BCUT2D eigenvalue weighted by Gasteiger charge is 2.14. The molecule has 3 amide bonds. The van der Waals surface area contributed by atoms with Gasteiger partial charge in [-0.05, 0) is 28.7 Å². The second-order valence-electron chi connectivity index (χ2n) is 7.66. The largest absolute Gasteiger partial charge is 0.350 e. The van der Waals surface area contributed by atoms with Gasteiger partial charge in [0.25, 0.3) is 5.91 Å². The molecular weight excluding hydrogens is 338 g/mol. The lowest BCUT2D eigenvalue weighted by atomic mass is 9.87. The molecule has 5 nitrogen and oxygen atoms in total. The van der Waals surface area contributed by atoms with Gasteiger partial charge in [0.2, 0.25) is 0 Å². The summed E-state index contributed by atoms with van der Waals surface area (Å²) in [6, 6.07) is 17.2. The van der Waals surface area contributed by atoms with Crippen molar-refractivity contribution in [1.82, 2.24) is 15.5 Å². The van der Waals surface area contributed by atoms with Crippen LogP contribution in [-0.2, 0) is 12.0 Å². The average molecular weight is 367 g/mol. The van der Waals surface area contributed by atoms with Crippen molar-refractivity contribution in [3.63, 3.8) is 0 Å². The molecule has 0 bridgehead atoms. The minimum atomic E-state index is -0.163. The first-order valence-corrected chi connectivity index (χ1v) is 9.19. The molecule has 2 aromatic carbocycles. The fourth-order valence-corrected chi connectivity index (χ4v) is 2.63. The van der Waals surface area contributed by atoms with Gasteiger partial charge in [0.1, 0.15) is 0 Å². The summed E-state index contributed by atoms with van der Waals surface area (Å²) in [6.45, 7) is 7.83. The third-order valence-corrected chi connectivity index (χ3v) is 4.31. The summed E-state index contributed by atoms with van der Waals surface area (Å²) < 4.78 is 0. The van der Waals surface area contributed by atoms with Crippen LogP contribution in [0.3, 0.4) is 0 Å². The minimum Gasteiger partial charge on any atom is -0.350 e. The molecule has 0 heterocycles. The number of urea groups is 1. The molecule has 0 saturated carbocycles. The van der Waals surface area contributed by atoms with Crippen LogP contribution < -0.4 is 10.6 Å². The minimum absolute atomic E-state index is 0.117. The van der Waals surface area contributed by atoms with Crippen molar-refractivity contribution in [1.29, 1.82) is 0 Å². The third-order valence-electron chi connectivity index (χ3n) is 4.31. The van der Waals surface area contributed by atoms with E-state index in [1.54, 1.807) is 24.1 Å². The number of amides is 3. The van der Waals surface area contributed by atoms with E-state index in [1.165, 1.54) is 5.56 Å². The van der Waals surface area contributed by atoms with Crippen LogP contribution in [0.1, 0.15) is 42.3 Å². The van der Waals surface area contributed by atoms with Gasteiger partial charge in [-0.15, -0.1) is 0 Å². The maximum absolute atomic E-state index is 12.2. The topological polar surface area (TPSA) is 61.4 Å². The molecular formula is C22H29N3O2. The molecule has 2 rings (SSSR count). The van der Waals surface area contributed by atoms with Gasteiger partial charge in [0, 0.05) is 32.2 Å². The fraction of sp³-hybridized carbons (Fsp3) is 0.364. The van der Waals surface area contributed by atoms with Gasteiger partial charge in [-0.25, -0.2) is 4.79 Å². The molecule has 0 aliphatic rings. The maximum atomic E-state index is 12.2. The predicted octanol–water partition coefficient (Wildman–Crippen LogP) is 3.56. The number of carbonyl (C=O) groups excluding carboxylic acids is 2. The van der Waals surface area contributed by atoms with Gasteiger partial charge >= 0.3 is 6.03 Å². The van der Waals surface area contributed by atoms with Crippen LogP contribution in [0.25, 0.3) is 0 Å². The summed E-state index contributed by atoms with van der Waals surface area (Å²) in [5.41, 5.74) is 3.08. The van der Waals surface area contributed by atoms with Gasteiger partial charge in [0.05, 0.1) is 0 Å². The van der Waals surface area contributed by atoms with Crippen molar-refractivity contribution in [3.05, 3.63) is 71.3 Å². The van der Waals surface area contributed by atoms with Gasteiger partial charge in [-0.2, -0.15) is 0 Å². The van der Waals surface area contributed by atoms with Crippen LogP contribution in [0.5, 0.6) is 0 Å². The van der Waals surface area contributed by atoms with Crippen LogP contribution in [-0.4, -0.2) is 37.0 Å². The van der Waals surface area contributed by atoms with Crippen molar-refractivity contribution in [3.8, 4) is 0 Å². The maximum Gasteiger partial charge on any atom is 0.317 e. The fourth-order valence-electron chi connectivity index (χ4n) is 2.63. The van der Waals surface area contributed by atoms with E-state index in [0.717, 1.165) is 5.56 Å². The number of rotatable bonds is 6. The Morgan fingerprint density at radius 1 is 0.889 bits per heavy atom. The molecule has 0 unspecified atom stereocenters. The Kier molecular flexibility index (Phi) is 6.99. The normalized spacial score (nSPS) is 11.0. The van der Waals surface area contributed by atoms with Crippen LogP contribution in [0.4, 0.5) is 4.79 Å². The second-order valence-corrected chi connectivity index (χ2v) is 7.66. The summed E-state index contributed by atoms with van der Waals surface area (Å²) in [7, 11) is 1.76. The van der Waals surface area contributed by atoms with Crippen LogP contribution in [0.15, 0.2) is 54.6 Å². The molecule has 0 aromatic heterocycles. The standard InChI is InChI=1S/C22H29N3O2/c1-22(2,3)19-12-10-17(11-13-19)16-25(4)21(27)24-15-14-23-20(26)18-8-6-5-7-9-18/h5-13H,14-16H2,1-4H3,(H,23,26)(H,24,27). The third kappa shape index (κ3) is 6.44. The van der Waals surface area contributed by atoms with E-state index in [9.17, 15) is 9.59 Å². The molecule has 0 spiro atoms. The summed E-state index contributed by atoms with van der Waals surface area (Å²) in [6.07, 6.45) is 0. The van der Waals surface area contributed by atoms with Crippen LogP contribution >= 0.6 is 0 Å². The Morgan fingerprint density at radius 3 is 2.07 bits per heavy atom. The molecule has 0 radical (unpaired) electrons. The highest BCUT2D eigenvalue weighted by molar-refractivity contribution is 5.94. The number of hydrogen-bond donors (Lipinski definition) is 2. The highest BCUT2D eigenvalue weighted by Crippen LogP contribution is 2.22. The summed E-state index contributed by atoms with van der Waals surface area (Å²) in [5, 5.41) is 5.61. The number of carbonyl (C=O) groups is 2. The Bertz CT molecular complexity index is 749. The lowest BCUT2D eigenvalue weighted by Crippen LogP contribution is -2.41. The zero-order valence-corrected chi connectivity index (χ0v) is 16.6. The molecule has 5 heteroatoms.